The summed E-state index contributed by atoms with van der Waals surface area (Å²) in [5, 5.41) is 0. The first-order chi connectivity index (χ1) is 9.38. The van der Waals surface area contributed by atoms with Gasteiger partial charge in [0.15, 0.2) is 0 Å². The molecule has 0 aromatic heterocycles. The number of nitrogens with two attached hydrogens (primary N) is 1. The minimum Gasteiger partial charge on any atom is -0.405 e. The number of ether oxygens (including phenoxy) is 1. The van der Waals surface area contributed by atoms with Gasteiger partial charge in [-0.25, -0.2) is 0 Å². The Balaban J connectivity index is 2.32. The fraction of sp³-hybridized carbons (Fsp3) is 0.600. The minimum atomic E-state index is -4.69. The van der Waals surface area contributed by atoms with Crippen LogP contribution < -0.4 is 10.5 Å². The largest absolute Gasteiger partial charge is 0.573 e. The van der Waals surface area contributed by atoms with Crippen molar-refractivity contribution in [2.75, 3.05) is 0 Å². The molecule has 1 aromatic rings. The van der Waals surface area contributed by atoms with Crippen molar-refractivity contribution in [1.82, 2.24) is 0 Å². The second-order valence-electron chi connectivity index (χ2n) is 5.49. The van der Waals surface area contributed by atoms with Crippen molar-refractivity contribution in [2.45, 2.75) is 51.4 Å². The molecule has 2 N–H and O–H groups in total. The Hall–Kier alpha value is -1.23. The van der Waals surface area contributed by atoms with E-state index in [1.54, 1.807) is 12.1 Å². The van der Waals surface area contributed by atoms with Gasteiger partial charge in [0.1, 0.15) is 5.75 Å². The van der Waals surface area contributed by atoms with Gasteiger partial charge in [0, 0.05) is 11.6 Å². The number of benzene rings is 1. The summed E-state index contributed by atoms with van der Waals surface area (Å²) in [5.41, 5.74) is 6.66. The molecule has 2 rings (SSSR count). The molecular weight excluding hydrogens is 267 g/mol. The van der Waals surface area contributed by atoms with Crippen molar-refractivity contribution in [3.63, 3.8) is 0 Å². The molecule has 0 bridgehead atoms. The summed E-state index contributed by atoms with van der Waals surface area (Å²) in [5.74, 6) is -0.174. The van der Waals surface area contributed by atoms with Crippen LogP contribution in [-0.4, -0.2) is 6.36 Å². The maximum atomic E-state index is 12.5. The van der Waals surface area contributed by atoms with E-state index < -0.39 is 12.4 Å². The van der Waals surface area contributed by atoms with E-state index in [2.05, 4.69) is 11.7 Å². The van der Waals surface area contributed by atoms with E-state index in [1.165, 1.54) is 12.1 Å². The second kappa shape index (κ2) is 5.64. The number of hydrogen-bond donors (Lipinski definition) is 1. The quantitative estimate of drug-likeness (QED) is 0.881. The normalized spacial score (nSPS) is 19.9. The average Bonchev–Trinajstić information content (AvgIpc) is 2.86. The van der Waals surface area contributed by atoms with Crippen molar-refractivity contribution in [1.29, 1.82) is 0 Å². The van der Waals surface area contributed by atoms with Gasteiger partial charge in [-0.2, -0.15) is 0 Å². The molecule has 20 heavy (non-hydrogen) atoms. The van der Waals surface area contributed by atoms with Gasteiger partial charge in [-0.1, -0.05) is 38.0 Å². The van der Waals surface area contributed by atoms with Crippen LogP contribution in [0.5, 0.6) is 5.75 Å². The molecule has 1 aliphatic carbocycles. The average molecular weight is 287 g/mol. The van der Waals surface area contributed by atoms with Gasteiger partial charge in [-0.05, 0) is 30.7 Å². The minimum absolute atomic E-state index is 0.106. The summed E-state index contributed by atoms with van der Waals surface area (Å²) in [6, 6.07) is 5.79. The third kappa shape index (κ3) is 3.08. The molecule has 1 aliphatic rings. The third-order valence-corrected chi connectivity index (χ3v) is 4.44. The summed E-state index contributed by atoms with van der Waals surface area (Å²) in [4.78, 5) is 0. The lowest BCUT2D eigenvalue weighted by Crippen LogP contribution is -2.32. The van der Waals surface area contributed by atoms with Gasteiger partial charge in [0.2, 0.25) is 0 Å². The van der Waals surface area contributed by atoms with Crippen LogP contribution in [0.2, 0.25) is 0 Å². The lowest BCUT2D eigenvalue weighted by molar-refractivity contribution is -0.275. The predicted octanol–water partition coefficient (Wildman–Crippen LogP) is 4.56. The zero-order valence-corrected chi connectivity index (χ0v) is 11.5. The highest BCUT2D eigenvalue weighted by Crippen LogP contribution is 2.50. The molecule has 1 aromatic carbocycles. The first kappa shape index (κ1) is 15.2. The first-order valence-corrected chi connectivity index (χ1v) is 6.98. The Morgan fingerprint density at radius 2 is 1.85 bits per heavy atom. The molecule has 1 atom stereocenters. The van der Waals surface area contributed by atoms with E-state index in [-0.39, 0.29) is 11.2 Å². The SMILES string of the molecule is CCC1(C(N)c2ccccc2OC(F)(F)F)CCCC1. The highest BCUT2D eigenvalue weighted by Gasteiger charge is 2.41. The summed E-state index contributed by atoms with van der Waals surface area (Å²) in [7, 11) is 0. The van der Waals surface area contributed by atoms with Crippen LogP contribution in [0.25, 0.3) is 0 Å². The smallest absolute Gasteiger partial charge is 0.405 e. The number of alkyl halides is 3. The first-order valence-electron chi connectivity index (χ1n) is 6.98. The molecule has 0 heterocycles. The van der Waals surface area contributed by atoms with Gasteiger partial charge in [0.25, 0.3) is 0 Å². The van der Waals surface area contributed by atoms with Crippen LogP contribution in [0.1, 0.15) is 50.6 Å². The molecule has 0 radical (unpaired) electrons. The molecule has 0 aliphatic heterocycles. The number of halogens is 3. The Kier molecular flexibility index (Phi) is 4.28. The van der Waals surface area contributed by atoms with Gasteiger partial charge < -0.3 is 10.5 Å². The fourth-order valence-electron chi connectivity index (χ4n) is 3.25. The second-order valence-corrected chi connectivity index (χ2v) is 5.49. The highest BCUT2D eigenvalue weighted by atomic mass is 19.4. The lowest BCUT2D eigenvalue weighted by atomic mass is 9.74. The molecule has 1 unspecified atom stereocenters. The molecule has 1 saturated carbocycles. The van der Waals surface area contributed by atoms with Gasteiger partial charge in [-0.15, -0.1) is 13.2 Å². The van der Waals surface area contributed by atoms with E-state index in [0.29, 0.717) is 5.56 Å². The summed E-state index contributed by atoms with van der Waals surface area (Å²) >= 11 is 0. The molecule has 1 fully saturated rings. The maximum absolute atomic E-state index is 12.5. The molecule has 112 valence electrons. The van der Waals surface area contributed by atoms with Crippen molar-refractivity contribution >= 4 is 0 Å². The Morgan fingerprint density at radius 1 is 1.25 bits per heavy atom. The van der Waals surface area contributed by atoms with Crippen LogP contribution in [-0.2, 0) is 0 Å². The topological polar surface area (TPSA) is 35.2 Å². The van der Waals surface area contributed by atoms with Crippen molar-refractivity contribution < 1.29 is 17.9 Å². The van der Waals surface area contributed by atoms with E-state index in [1.807, 2.05) is 0 Å². The Morgan fingerprint density at radius 3 is 2.40 bits per heavy atom. The van der Waals surface area contributed by atoms with Gasteiger partial charge >= 0.3 is 6.36 Å². The maximum Gasteiger partial charge on any atom is 0.573 e. The van der Waals surface area contributed by atoms with E-state index >= 15 is 0 Å². The molecule has 0 saturated heterocycles. The Bertz CT molecular complexity index is 453. The third-order valence-electron chi connectivity index (χ3n) is 4.44. The van der Waals surface area contributed by atoms with Crippen molar-refractivity contribution in [3.8, 4) is 5.75 Å². The van der Waals surface area contributed by atoms with Crippen LogP contribution >= 0.6 is 0 Å². The molecule has 5 heteroatoms. The van der Waals surface area contributed by atoms with Crippen LogP contribution in [0.15, 0.2) is 24.3 Å². The zero-order chi connectivity index (χ0) is 14.8. The number of hydrogen-bond acceptors (Lipinski definition) is 2. The molecule has 0 amide bonds. The predicted molar refractivity (Wildman–Crippen MR) is 71.2 cm³/mol. The molecular formula is C15H20F3NO. The zero-order valence-electron chi connectivity index (χ0n) is 11.5. The van der Waals surface area contributed by atoms with Crippen molar-refractivity contribution in [2.24, 2.45) is 11.1 Å². The van der Waals surface area contributed by atoms with E-state index in [0.717, 1.165) is 32.1 Å². The Labute approximate surface area is 117 Å². The monoisotopic (exact) mass is 287 g/mol. The summed E-state index contributed by atoms with van der Waals surface area (Å²) in [6.07, 6.45) is 0.281. The van der Waals surface area contributed by atoms with Gasteiger partial charge in [0.05, 0.1) is 0 Å². The molecule has 0 spiro atoms. The van der Waals surface area contributed by atoms with Crippen LogP contribution in [0.4, 0.5) is 13.2 Å². The number of rotatable bonds is 4. The summed E-state index contributed by atoms with van der Waals surface area (Å²) < 4.78 is 41.6. The lowest BCUT2D eigenvalue weighted by Gasteiger charge is -2.35. The standard InChI is InChI=1S/C15H20F3NO/c1-2-14(9-5-6-10-14)13(19)11-7-3-4-8-12(11)20-15(16,17)18/h3-4,7-8,13H,2,5-6,9-10,19H2,1H3. The van der Waals surface area contributed by atoms with E-state index in [4.69, 9.17) is 5.73 Å². The van der Waals surface area contributed by atoms with Crippen LogP contribution in [0, 0.1) is 5.41 Å². The van der Waals surface area contributed by atoms with Gasteiger partial charge in [-0.3, -0.25) is 0 Å². The van der Waals surface area contributed by atoms with E-state index in [9.17, 15) is 13.2 Å². The summed E-state index contributed by atoms with van der Waals surface area (Å²) in [6.45, 7) is 2.05. The van der Waals surface area contributed by atoms with Crippen molar-refractivity contribution in [3.05, 3.63) is 29.8 Å². The van der Waals surface area contributed by atoms with Crippen LogP contribution in [0.3, 0.4) is 0 Å². The number of para-hydroxylation sites is 1. The highest BCUT2D eigenvalue weighted by molar-refractivity contribution is 5.37. The fourth-order valence-corrected chi connectivity index (χ4v) is 3.25. The molecule has 2 nitrogen and oxygen atoms in total.